The minimum absolute atomic E-state index is 0.221. The first-order chi connectivity index (χ1) is 6.77. The van der Waals surface area contributed by atoms with Gasteiger partial charge in [0.25, 0.3) is 0 Å². The van der Waals surface area contributed by atoms with E-state index in [2.05, 4.69) is 9.97 Å². The highest BCUT2D eigenvalue weighted by molar-refractivity contribution is 8.00. The van der Waals surface area contributed by atoms with E-state index in [1.54, 1.807) is 12.4 Å². The van der Waals surface area contributed by atoms with Crippen molar-refractivity contribution in [2.45, 2.75) is 35.6 Å². The normalized spacial score (nSPS) is 26.6. The molecule has 0 aromatic carbocycles. The van der Waals surface area contributed by atoms with E-state index in [1.165, 1.54) is 11.8 Å². The van der Waals surface area contributed by atoms with Crippen molar-refractivity contribution >= 4 is 17.6 Å². The predicted octanol–water partition coefficient (Wildman–Crippen LogP) is 1.06. The quantitative estimate of drug-likeness (QED) is 0.765. The molecule has 0 aliphatic heterocycles. The van der Waals surface area contributed by atoms with Crippen molar-refractivity contribution in [3.63, 3.8) is 0 Å². The number of aromatic nitrogens is 2. The first kappa shape index (κ1) is 9.73. The maximum atomic E-state index is 9.63. The van der Waals surface area contributed by atoms with Crippen molar-refractivity contribution < 1.29 is 5.11 Å². The van der Waals surface area contributed by atoms with Crippen molar-refractivity contribution in [2.24, 2.45) is 0 Å². The number of aliphatic hydroxyl groups excluding tert-OH is 1. The number of nitrogens with two attached hydrogens (primary N) is 1. The van der Waals surface area contributed by atoms with Crippen LogP contribution in [0.5, 0.6) is 0 Å². The van der Waals surface area contributed by atoms with Gasteiger partial charge in [-0.15, -0.1) is 0 Å². The molecule has 1 fully saturated rings. The summed E-state index contributed by atoms with van der Waals surface area (Å²) in [4.78, 5) is 8.10. The summed E-state index contributed by atoms with van der Waals surface area (Å²) >= 11 is 1.54. The molecular formula is C9H13N3OS. The second-order valence-electron chi connectivity index (χ2n) is 3.40. The lowest BCUT2D eigenvalue weighted by Gasteiger charge is -2.13. The van der Waals surface area contributed by atoms with Gasteiger partial charge >= 0.3 is 0 Å². The molecule has 1 saturated carbocycles. The van der Waals surface area contributed by atoms with Gasteiger partial charge in [0.15, 0.2) is 5.82 Å². The molecule has 1 aliphatic rings. The van der Waals surface area contributed by atoms with Gasteiger partial charge in [-0.05, 0) is 19.3 Å². The number of nitrogen functional groups attached to an aromatic ring is 1. The highest BCUT2D eigenvalue weighted by Gasteiger charge is 2.27. The summed E-state index contributed by atoms with van der Waals surface area (Å²) in [6, 6.07) is 0. The van der Waals surface area contributed by atoms with Crippen LogP contribution in [0.15, 0.2) is 17.4 Å². The molecule has 1 heterocycles. The van der Waals surface area contributed by atoms with Gasteiger partial charge < -0.3 is 10.8 Å². The van der Waals surface area contributed by atoms with Crippen LogP contribution in [0, 0.1) is 0 Å². The number of aliphatic hydroxyl groups is 1. The molecule has 1 aromatic heterocycles. The standard InChI is InChI=1S/C9H13N3OS/c10-8-9(12-5-4-11-8)14-7-3-1-2-6(7)13/h4-7,13H,1-3H2,(H2,10,11). The third-order valence-electron chi connectivity index (χ3n) is 2.37. The Morgan fingerprint density at radius 1 is 1.36 bits per heavy atom. The lowest BCUT2D eigenvalue weighted by Crippen LogP contribution is -2.15. The zero-order valence-electron chi connectivity index (χ0n) is 7.76. The summed E-state index contributed by atoms with van der Waals surface area (Å²) in [6.45, 7) is 0. The second-order valence-corrected chi connectivity index (χ2v) is 4.63. The zero-order valence-corrected chi connectivity index (χ0v) is 8.57. The molecule has 2 rings (SSSR count). The third-order valence-corrected chi connectivity index (χ3v) is 3.76. The predicted molar refractivity (Wildman–Crippen MR) is 55.9 cm³/mol. The van der Waals surface area contributed by atoms with Crippen molar-refractivity contribution in [1.29, 1.82) is 0 Å². The number of hydrogen-bond acceptors (Lipinski definition) is 5. The number of hydrogen-bond donors (Lipinski definition) is 2. The molecule has 2 unspecified atom stereocenters. The Morgan fingerprint density at radius 3 is 2.79 bits per heavy atom. The average molecular weight is 211 g/mol. The molecule has 4 nitrogen and oxygen atoms in total. The van der Waals surface area contributed by atoms with Crippen molar-refractivity contribution in [3.05, 3.63) is 12.4 Å². The van der Waals surface area contributed by atoms with E-state index in [4.69, 9.17) is 5.73 Å². The molecule has 0 saturated heterocycles. The third kappa shape index (κ3) is 1.99. The topological polar surface area (TPSA) is 72.0 Å². The van der Waals surface area contributed by atoms with Gasteiger partial charge in [0.1, 0.15) is 5.03 Å². The van der Waals surface area contributed by atoms with Crippen LogP contribution in [0.3, 0.4) is 0 Å². The summed E-state index contributed by atoms with van der Waals surface area (Å²) in [5.74, 6) is 0.455. The summed E-state index contributed by atoms with van der Waals surface area (Å²) < 4.78 is 0. The van der Waals surface area contributed by atoms with Gasteiger partial charge in [0.2, 0.25) is 0 Å². The van der Waals surface area contributed by atoms with Gasteiger partial charge in [-0.2, -0.15) is 0 Å². The van der Waals surface area contributed by atoms with E-state index in [9.17, 15) is 5.11 Å². The maximum Gasteiger partial charge on any atom is 0.156 e. The molecule has 76 valence electrons. The summed E-state index contributed by atoms with van der Waals surface area (Å²) in [5, 5.41) is 10.6. The van der Waals surface area contributed by atoms with Crippen LogP contribution in [-0.2, 0) is 0 Å². The highest BCUT2D eigenvalue weighted by Crippen LogP contribution is 2.35. The Labute approximate surface area is 86.9 Å². The molecular weight excluding hydrogens is 198 g/mol. The number of anilines is 1. The highest BCUT2D eigenvalue weighted by atomic mass is 32.2. The maximum absolute atomic E-state index is 9.63. The Morgan fingerprint density at radius 2 is 2.14 bits per heavy atom. The molecule has 1 aliphatic carbocycles. The van der Waals surface area contributed by atoms with Crippen LogP contribution < -0.4 is 5.73 Å². The average Bonchev–Trinajstić information content (AvgIpc) is 2.56. The van der Waals surface area contributed by atoms with Gasteiger partial charge in [0.05, 0.1) is 6.10 Å². The lowest BCUT2D eigenvalue weighted by atomic mass is 10.3. The van der Waals surface area contributed by atoms with Gasteiger partial charge in [-0.1, -0.05) is 11.8 Å². The summed E-state index contributed by atoms with van der Waals surface area (Å²) in [6.07, 6.45) is 5.98. The largest absolute Gasteiger partial charge is 0.392 e. The Balaban J connectivity index is 2.07. The zero-order chi connectivity index (χ0) is 9.97. The molecule has 3 N–H and O–H groups in total. The number of rotatable bonds is 2. The Bertz CT molecular complexity index is 321. The van der Waals surface area contributed by atoms with Crippen LogP contribution in [0.25, 0.3) is 0 Å². The summed E-state index contributed by atoms with van der Waals surface area (Å²) in [5.41, 5.74) is 5.67. The van der Waals surface area contributed by atoms with Crippen LogP contribution in [-0.4, -0.2) is 26.4 Å². The Kier molecular flexibility index (Phi) is 2.88. The first-order valence-electron chi connectivity index (χ1n) is 4.68. The fraction of sp³-hybridized carbons (Fsp3) is 0.556. The summed E-state index contributed by atoms with van der Waals surface area (Å²) in [7, 11) is 0. The van der Waals surface area contributed by atoms with Crippen LogP contribution in [0.4, 0.5) is 5.82 Å². The van der Waals surface area contributed by atoms with E-state index < -0.39 is 0 Å². The van der Waals surface area contributed by atoms with E-state index in [0.717, 1.165) is 24.3 Å². The van der Waals surface area contributed by atoms with E-state index in [0.29, 0.717) is 5.82 Å². The van der Waals surface area contributed by atoms with Crippen molar-refractivity contribution in [1.82, 2.24) is 9.97 Å². The molecule has 14 heavy (non-hydrogen) atoms. The monoisotopic (exact) mass is 211 g/mol. The molecule has 1 aromatic rings. The molecule has 0 radical (unpaired) electrons. The van der Waals surface area contributed by atoms with Crippen molar-refractivity contribution in [3.8, 4) is 0 Å². The molecule has 5 heteroatoms. The molecule has 0 spiro atoms. The fourth-order valence-corrected chi connectivity index (χ4v) is 2.77. The van der Waals surface area contributed by atoms with Crippen molar-refractivity contribution in [2.75, 3.05) is 5.73 Å². The SMILES string of the molecule is Nc1nccnc1SC1CCCC1O. The smallest absolute Gasteiger partial charge is 0.156 e. The minimum atomic E-state index is -0.221. The van der Waals surface area contributed by atoms with Crippen LogP contribution in [0.1, 0.15) is 19.3 Å². The minimum Gasteiger partial charge on any atom is -0.392 e. The fourth-order valence-electron chi connectivity index (χ4n) is 1.61. The van der Waals surface area contributed by atoms with E-state index in [-0.39, 0.29) is 11.4 Å². The van der Waals surface area contributed by atoms with Gasteiger partial charge in [0, 0.05) is 17.6 Å². The van der Waals surface area contributed by atoms with E-state index in [1.807, 2.05) is 0 Å². The van der Waals surface area contributed by atoms with Gasteiger partial charge in [-0.25, -0.2) is 9.97 Å². The van der Waals surface area contributed by atoms with Crippen LogP contribution in [0.2, 0.25) is 0 Å². The number of thioether (sulfide) groups is 1. The van der Waals surface area contributed by atoms with Gasteiger partial charge in [-0.3, -0.25) is 0 Å². The molecule has 2 atom stereocenters. The molecule has 0 bridgehead atoms. The lowest BCUT2D eigenvalue weighted by molar-refractivity contribution is 0.188. The van der Waals surface area contributed by atoms with Crippen LogP contribution >= 0.6 is 11.8 Å². The molecule has 0 amide bonds. The number of nitrogens with zero attached hydrogens (tertiary/aromatic N) is 2. The first-order valence-corrected chi connectivity index (χ1v) is 5.56. The van der Waals surface area contributed by atoms with E-state index >= 15 is 0 Å². The Hall–Kier alpha value is -0.810. The second kappa shape index (κ2) is 4.14.